The zero-order valence-corrected chi connectivity index (χ0v) is 10.2. The molecule has 0 spiro atoms. The predicted octanol–water partition coefficient (Wildman–Crippen LogP) is 2.08. The first-order valence-electron chi connectivity index (χ1n) is 5.36. The number of aromatic nitrogens is 1. The molecule has 1 aromatic carbocycles. The van der Waals surface area contributed by atoms with Crippen LogP contribution >= 0.6 is 11.5 Å². The number of aliphatic hydroxyl groups excluding tert-OH is 1. The second kappa shape index (κ2) is 4.39. The highest BCUT2D eigenvalue weighted by Crippen LogP contribution is 2.17. The van der Waals surface area contributed by atoms with Crippen molar-refractivity contribution in [2.45, 2.75) is 26.5 Å². The third-order valence-electron chi connectivity index (χ3n) is 2.67. The number of hydrogen-bond acceptors (Lipinski definition) is 3. The number of rotatable bonds is 3. The second-order valence-electron chi connectivity index (χ2n) is 4.27. The fraction of sp³-hybridized carbons (Fsp3) is 0.417. The molecule has 1 unspecified atom stereocenters. The Morgan fingerprint density at radius 3 is 2.69 bits per heavy atom. The minimum atomic E-state index is -0.467. The summed E-state index contributed by atoms with van der Waals surface area (Å²) >= 11 is 1.41. The lowest BCUT2D eigenvalue weighted by atomic mass is 10.1. The Morgan fingerprint density at radius 1 is 1.38 bits per heavy atom. The fourth-order valence-corrected chi connectivity index (χ4v) is 2.56. The van der Waals surface area contributed by atoms with Crippen LogP contribution in [-0.4, -0.2) is 15.2 Å². The van der Waals surface area contributed by atoms with Crippen LogP contribution in [0.3, 0.4) is 0 Å². The Kier molecular flexibility index (Phi) is 3.12. The van der Waals surface area contributed by atoms with Gasteiger partial charge in [-0.05, 0) is 18.1 Å². The normalized spacial score (nSPS) is 13.5. The highest BCUT2D eigenvalue weighted by molar-refractivity contribution is 7.13. The number of aliphatic hydroxyl groups is 1. The molecule has 0 radical (unpaired) electrons. The molecular weight excluding hydrogens is 222 g/mol. The maximum Gasteiger partial charge on any atom is 0.268 e. The van der Waals surface area contributed by atoms with Gasteiger partial charge in [0.2, 0.25) is 0 Å². The van der Waals surface area contributed by atoms with Crippen molar-refractivity contribution in [1.29, 1.82) is 0 Å². The molecule has 4 heteroatoms. The summed E-state index contributed by atoms with van der Waals surface area (Å²) in [5.41, 5.74) is 0.000278. The van der Waals surface area contributed by atoms with Gasteiger partial charge in [-0.3, -0.25) is 8.75 Å². The summed E-state index contributed by atoms with van der Waals surface area (Å²) in [5.74, 6) is 0.164. The molecule has 1 N–H and O–H groups in total. The molecule has 16 heavy (non-hydrogen) atoms. The molecule has 1 atom stereocenters. The highest BCUT2D eigenvalue weighted by Gasteiger charge is 2.13. The van der Waals surface area contributed by atoms with Gasteiger partial charge in [0, 0.05) is 0 Å². The second-order valence-corrected chi connectivity index (χ2v) is 5.33. The van der Waals surface area contributed by atoms with Crippen LogP contribution < -0.4 is 5.56 Å². The van der Waals surface area contributed by atoms with Gasteiger partial charge in [0.15, 0.2) is 0 Å². The number of hydrogen-bond donors (Lipinski definition) is 1. The van der Waals surface area contributed by atoms with Crippen molar-refractivity contribution in [1.82, 2.24) is 3.96 Å². The summed E-state index contributed by atoms with van der Waals surface area (Å²) in [5, 5.41) is 10.5. The molecule has 0 amide bonds. The van der Waals surface area contributed by atoms with Crippen molar-refractivity contribution < 1.29 is 5.11 Å². The van der Waals surface area contributed by atoms with Gasteiger partial charge in [-0.25, -0.2) is 0 Å². The van der Waals surface area contributed by atoms with Crippen LogP contribution in [0.15, 0.2) is 29.1 Å². The van der Waals surface area contributed by atoms with E-state index in [2.05, 4.69) is 0 Å². The maximum absolute atomic E-state index is 11.9. The van der Waals surface area contributed by atoms with E-state index in [0.29, 0.717) is 6.54 Å². The van der Waals surface area contributed by atoms with Gasteiger partial charge >= 0.3 is 0 Å². The summed E-state index contributed by atoms with van der Waals surface area (Å²) in [6.45, 7) is 4.28. The Hall–Kier alpha value is -1.13. The zero-order valence-electron chi connectivity index (χ0n) is 9.38. The van der Waals surface area contributed by atoms with Crippen molar-refractivity contribution in [2.75, 3.05) is 0 Å². The first-order valence-corrected chi connectivity index (χ1v) is 6.14. The Bertz CT molecular complexity index is 541. The lowest BCUT2D eigenvalue weighted by molar-refractivity contribution is 0.109. The molecule has 2 rings (SSSR count). The molecule has 0 bridgehead atoms. The minimum absolute atomic E-state index is 0.000278. The average molecular weight is 237 g/mol. The van der Waals surface area contributed by atoms with Gasteiger partial charge in [-0.1, -0.05) is 37.5 Å². The van der Waals surface area contributed by atoms with E-state index in [-0.39, 0.29) is 11.5 Å². The molecule has 0 aliphatic carbocycles. The van der Waals surface area contributed by atoms with E-state index in [1.54, 1.807) is 3.96 Å². The van der Waals surface area contributed by atoms with E-state index >= 15 is 0 Å². The third-order valence-corrected chi connectivity index (χ3v) is 3.76. The van der Waals surface area contributed by atoms with Gasteiger partial charge < -0.3 is 5.11 Å². The molecular formula is C12H15NO2S. The first-order chi connectivity index (χ1) is 7.59. The van der Waals surface area contributed by atoms with Crippen LogP contribution in [0.2, 0.25) is 0 Å². The van der Waals surface area contributed by atoms with E-state index in [1.165, 1.54) is 11.5 Å². The van der Waals surface area contributed by atoms with Gasteiger partial charge in [0.05, 0.1) is 22.7 Å². The third kappa shape index (κ3) is 2.03. The number of fused-ring (bicyclic) bond motifs is 1. The highest BCUT2D eigenvalue weighted by atomic mass is 32.1. The van der Waals surface area contributed by atoms with Crippen LogP contribution in [0, 0.1) is 5.92 Å². The number of nitrogens with zero attached hydrogens (tertiary/aromatic N) is 1. The topological polar surface area (TPSA) is 42.2 Å². The van der Waals surface area contributed by atoms with Gasteiger partial charge in [-0.2, -0.15) is 0 Å². The Labute approximate surface area is 98.1 Å². The fourth-order valence-electron chi connectivity index (χ4n) is 1.52. The maximum atomic E-state index is 11.9. The minimum Gasteiger partial charge on any atom is -0.391 e. The molecule has 1 aromatic heterocycles. The van der Waals surface area contributed by atoms with Crippen molar-refractivity contribution >= 4 is 21.6 Å². The van der Waals surface area contributed by atoms with E-state index < -0.39 is 6.10 Å². The standard InChI is InChI=1S/C12H15NO2S/c1-8(2)10(14)7-13-12(15)9-5-3-4-6-11(9)16-13/h3-6,8,10,14H,7H2,1-2H3. The molecule has 1 heterocycles. The lowest BCUT2D eigenvalue weighted by Crippen LogP contribution is -2.26. The molecule has 0 saturated carbocycles. The first kappa shape index (κ1) is 11.4. The smallest absolute Gasteiger partial charge is 0.268 e. The monoisotopic (exact) mass is 237 g/mol. The van der Waals surface area contributed by atoms with Crippen LogP contribution in [-0.2, 0) is 6.54 Å². The summed E-state index contributed by atoms with van der Waals surface area (Å²) in [6.07, 6.45) is -0.467. The predicted molar refractivity (Wildman–Crippen MR) is 66.9 cm³/mol. The largest absolute Gasteiger partial charge is 0.391 e. The molecule has 2 aromatic rings. The van der Waals surface area contributed by atoms with E-state index in [9.17, 15) is 9.90 Å². The van der Waals surface area contributed by atoms with Gasteiger partial charge in [0.1, 0.15) is 0 Å². The SMILES string of the molecule is CC(C)C(O)Cn1sc2ccccc2c1=O. The Morgan fingerprint density at radius 2 is 2.06 bits per heavy atom. The summed E-state index contributed by atoms with van der Waals surface area (Å²) in [6, 6.07) is 7.53. The number of benzene rings is 1. The molecule has 0 aliphatic rings. The molecule has 0 saturated heterocycles. The zero-order chi connectivity index (χ0) is 11.7. The van der Waals surface area contributed by atoms with Crippen molar-refractivity contribution in [2.24, 2.45) is 5.92 Å². The molecule has 0 aliphatic heterocycles. The lowest BCUT2D eigenvalue weighted by Gasteiger charge is -2.13. The van der Waals surface area contributed by atoms with Gasteiger partial charge in [0.25, 0.3) is 5.56 Å². The Balaban J connectivity index is 2.39. The van der Waals surface area contributed by atoms with Crippen molar-refractivity contribution in [3.05, 3.63) is 34.6 Å². The van der Waals surface area contributed by atoms with Crippen molar-refractivity contribution in [3.8, 4) is 0 Å². The van der Waals surface area contributed by atoms with E-state index in [1.807, 2.05) is 38.1 Å². The molecule has 3 nitrogen and oxygen atoms in total. The van der Waals surface area contributed by atoms with Crippen LogP contribution in [0.1, 0.15) is 13.8 Å². The van der Waals surface area contributed by atoms with E-state index in [0.717, 1.165) is 10.1 Å². The summed E-state index contributed by atoms with van der Waals surface area (Å²) in [7, 11) is 0. The average Bonchev–Trinajstić information content (AvgIpc) is 2.56. The van der Waals surface area contributed by atoms with Gasteiger partial charge in [-0.15, -0.1) is 0 Å². The summed E-state index contributed by atoms with van der Waals surface area (Å²) in [4.78, 5) is 11.9. The van der Waals surface area contributed by atoms with Crippen LogP contribution in [0.5, 0.6) is 0 Å². The molecule has 0 fully saturated rings. The quantitative estimate of drug-likeness (QED) is 0.888. The summed E-state index contributed by atoms with van der Waals surface area (Å²) < 4.78 is 2.61. The van der Waals surface area contributed by atoms with E-state index in [4.69, 9.17) is 0 Å². The van der Waals surface area contributed by atoms with Crippen molar-refractivity contribution in [3.63, 3.8) is 0 Å². The van der Waals surface area contributed by atoms with Crippen LogP contribution in [0.4, 0.5) is 0 Å². The molecule has 86 valence electrons. The van der Waals surface area contributed by atoms with Crippen LogP contribution in [0.25, 0.3) is 10.1 Å².